The summed E-state index contributed by atoms with van der Waals surface area (Å²) in [6.45, 7) is 0.570. The second kappa shape index (κ2) is 8.91. The van der Waals surface area contributed by atoms with Gasteiger partial charge in [-0.05, 0) is 6.92 Å². The fourth-order valence-electron chi connectivity index (χ4n) is 0.276. The minimum absolute atomic E-state index is 0.313. The molecule has 1 atom stereocenters. The largest absolute Gasteiger partial charge is 0.480 e. The maximum absolute atomic E-state index is 9.73. The number of nitrogens with one attached hydrogen (secondary N) is 1. The van der Waals surface area contributed by atoms with Gasteiger partial charge in [-0.25, -0.2) is 4.79 Å². The second-order valence-electron chi connectivity index (χ2n) is 2.41. The van der Waals surface area contributed by atoms with E-state index in [-0.39, 0.29) is 13.1 Å². The highest BCUT2D eigenvalue weighted by Crippen LogP contribution is 1.73. The third-order valence-electron chi connectivity index (χ3n) is 0.910. The second-order valence-corrected chi connectivity index (χ2v) is 2.41. The lowest BCUT2D eigenvalue weighted by Crippen LogP contribution is -2.27. The van der Waals surface area contributed by atoms with Gasteiger partial charge in [0.1, 0.15) is 6.10 Å². The lowest BCUT2D eigenvalue weighted by Gasteiger charge is -1.93. The number of aliphatic carboxylic acids is 3. The first-order chi connectivity index (χ1) is 6.77. The summed E-state index contributed by atoms with van der Waals surface area (Å²) in [5.41, 5.74) is 0. The molecule has 1 unspecified atom stereocenters. The molecule has 0 bridgehead atoms. The normalized spacial score (nSPS) is 10.8. The Balaban J connectivity index is 0. The molecule has 0 saturated heterocycles. The van der Waals surface area contributed by atoms with Crippen molar-refractivity contribution < 1.29 is 34.8 Å². The van der Waals surface area contributed by atoms with Crippen molar-refractivity contribution in [2.45, 2.75) is 13.0 Å². The molecular weight excluding hydrogens is 210 g/mol. The zero-order chi connectivity index (χ0) is 12.4. The van der Waals surface area contributed by atoms with Crippen LogP contribution in [0.15, 0.2) is 0 Å². The minimum atomic E-state index is -1.23. The van der Waals surface area contributed by atoms with E-state index in [4.69, 9.17) is 20.4 Å². The molecule has 88 valence electrons. The van der Waals surface area contributed by atoms with E-state index in [0.29, 0.717) is 0 Å². The standard InChI is InChI=1S/C4H7NO4.C3H6O3/c6-3(7)1-5-2-4(8)9;1-2(4)3(5)6/h5H,1-2H2,(H,6,7)(H,8,9);2,4H,1H3,(H,5,6). The van der Waals surface area contributed by atoms with Gasteiger partial charge in [-0.3, -0.25) is 14.9 Å². The highest BCUT2D eigenvalue weighted by atomic mass is 16.4. The predicted molar refractivity (Wildman–Crippen MR) is 47.5 cm³/mol. The van der Waals surface area contributed by atoms with Crippen molar-refractivity contribution in [3.63, 3.8) is 0 Å². The highest BCUT2D eigenvalue weighted by molar-refractivity contribution is 5.72. The van der Waals surface area contributed by atoms with Gasteiger partial charge in [0.25, 0.3) is 0 Å². The Labute approximate surface area is 85.1 Å². The summed E-state index contributed by atoms with van der Waals surface area (Å²) in [5, 5.41) is 33.9. The molecule has 0 heterocycles. The van der Waals surface area contributed by atoms with Crippen LogP contribution in [0.4, 0.5) is 0 Å². The fraction of sp³-hybridized carbons (Fsp3) is 0.571. The zero-order valence-corrected chi connectivity index (χ0v) is 8.01. The smallest absolute Gasteiger partial charge is 0.332 e. The van der Waals surface area contributed by atoms with E-state index < -0.39 is 24.0 Å². The molecule has 0 radical (unpaired) electrons. The molecule has 0 aliphatic heterocycles. The summed E-state index contributed by atoms with van der Waals surface area (Å²) in [6.07, 6.45) is -1.23. The van der Waals surface area contributed by atoms with Crippen molar-refractivity contribution in [2.24, 2.45) is 0 Å². The van der Waals surface area contributed by atoms with E-state index in [1.807, 2.05) is 0 Å². The molecule has 15 heavy (non-hydrogen) atoms. The van der Waals surface area contributed by atoms with Gasteiger partial charge in [-0.1, -0.05) is 0 Å². The van der Waals surface area contributed by atoms with Crippen LogP contribution >= 0.6 is 0 Å². The Morgan fingerprint density at radius 2 is 1.33 bits per heavy atom. The average molecular weight is 223 g/mol. The SMILES string of the molecule is CC(O)C(=O)O.O=C(O)CNCC(=O)O. The van der Waals surface area contributed by atoms with Crippen molar-refractivity contribution in [1.29, 1.82) is 0 Å². The number of rotatable bonds is 5. The van der Waals surface area contributed by atoms with Crippen LogP contribution in [-0.4, -0.2) is 57.5 Å². The Morgan fingerprint density at radius 1 is 1.07 bits per heavy atom. The minimum Gasteiger partial charge on any atom is -0.480 e. The first-order valence-electron chi connectivity index (χ1n) is 3.82. The van der Waals surface area contributed by atoms with E-state index in [0.717, 1.165) is 0 Å². The molecule has 0 rings (SSSR count). The van der Waals surface area contributed by atoms with E-state index in [2.05, 4.69) is 5.32 Å². The molecule has 0 aromatic rings. The average Bonchev–Trinajstić information content (AvgIpc) is 2.03. The third kappa shape index (κ3) is 19.0. The lowest BCUT2D eigenvalue weighted by molar-refractivity contribution is -0.145. The van der Waals surface area contributed by atoms with Crippen LogP contribution in [0.25, 0.3) is 0 Å². The number of hydrogen-bond donors (Lipinski definition) is 5. The molecule has 0 aromatic carbocycles. The van der Waals surface area contributed by atoms with Gasteiger partial charge >= 0.3 is 17.9 Å². The Morgan fingerprint density at radius 3 is 1.47 bits per heavy atom. The molecule has 0 aromatic heterocycles. The van der Waals surface area contributed by atoms with Crippen LogP contribution in [0.3, 0.4) is 0 Å². The molecular formula is C7H13NO7. The van der Waals surface area contributed by atoms with Gasteiger partial charge in [-0.15, -0.1) is 0 Å². The third-order valence-corrected chi connectivity index (χ3v) is 0.910. The first-order valence-corrected chi connectivity index (χ1v) is 3.82. The summed E-state index contributed by atoms with van der Waals surface area (Å²) in [5.74, 6) is -3.30. The molecule has 0 fully saturated rings. The van der Waals surface area contributed by atoms with Crippen LogP contribution in [-0.2, 0) is 14.4 Å². The van der Waals surface area contributed by atoms with Gasteiger partial charge in [0.2, 0.25) is 0 Å². The van der Waals surface area contributed by atoms with Crippen LogP contribution in [0, 0.1) is 0 Å². The zero-order valence-electron chi connectivity index (χ0n) is 8.01. The van der Waals surface area contributed by atoms with E-state index in [9.17, 15) is 14.4 Å². The van der Waals surface area contributed by atoms with Crippen molar-refractivity contribution >= 4 is 17.9 Å². The van der Waals surface area contributed by atoms with Crippen LogP contribution < -0.4 is 5.32 Å². The topological polar surface area (TPSA) is 144 Å². The molecule has 0 saturated carbocycles. The summed E-state index contributed by atoms with van der Waals surface area (Å²) < 4.78 is 0. The Kier molecular flexibility index (Phi) is 9.37. The summed E-state index contributed by atoms with van der Waals surface area (Å²) in [6, 6.07) is 0. The van der Waals surface area contributed by atoms with Crippen molar-refractivity contribution in [3.8, 4) is 0 Å². The van der Waals surface area contributed by atoms with Gasteiger partial charge in [0, 0.05) is 0 Å². The van der Waals surface area contributed by atoms with Gasteiger partial charge in [-0.2, -0.15) is 0 Å². The maximum atomic E-state index is 9.73. The van der Waals surface area contributed by atoms with Gasteiger partial charge in [0.05, 0.1) is 13.1 Å². The maximum Gasteiger partial charge on any atom is 0.332 e. The van der Waals surface area contributed by atoms with Crippen molar-refractivity contribution in [3.05, 3.63) is 0 Å². The van der Waals surface area contributed by atoms with Crippen LogP contribution in [0.5, 0.6) is 0 Å². The molecule has 0 aliphatic carbocycles. The molecule has 0 spiro atoms. The van der Waals surface area contributed by atoms with Gasteiger partial charge in [0.15, 0.2) is 0 Å². The van der Waals surface area contributed by atoms with Gasteiger partial charge < -0.3 is 20.4 Å². The van der Waals surface area contributed by atoms with Crippen LogP contribution in [0.2, 0.25) is 0 Å². The number of carboxylic acids is 3. The highest BCUT2D eigenvalue weighted by Gasteiger charge is 2.01. The van der Waals surface area contributed by atoms with Crippen LogP contribution in [0.1, 0.15) is 6.92 Å². The quantitative estimate of drug-likeness (QED) is 0.367. The van der Waals surface area contributed by atoms with Crippen molar-refractivity contribution in [2.75, 3.05) is 13.1 Å². The lowest BCUT2D eigenvalue weighted by atomic mass is 10.4. The number of aliphatic hydroxyl groups is 1. The number of carbonyl (C=O) groups is 3. The number of carboxylic acid groups (broad SMARTS) is 3. The summed E-state index contributed by atoms with van der Waals surface area (Å²) in [7, 11) is 0. The number of hydrogen-bond acceptors (Lipinski definition) is 5. The summed E-state index contributed by atoms with van der Waals surface area (Å²) >= 11 is 0. The summed E-state index contributed by atoms with van der Waals surface area (Å²) in [4.78, 5) is 28.9. The monoisotopic (exact) mass is 223 g/mol. The Hall–Kier alpha value is -1.67. The molecule has 0 amide bonds. The Bertz CT molecular complexity index is 211. The van der Waals surface area contributed by atoms with E-state index in [1.54, 1.807) is 0 Å². The van der Waals surface area contributed by atoms with Crippen molar-refractivity contribution in [1.82, 2.24) is 5.32 Å². The predicted octanol–water partition coefficient (Wildman–Crippen LogP) is -1.80. The van der Waals surface area contributed by atoms with E-state index in [1.165, 1.54) is 6.92 Å². The number of aliphatic hydroxyl groups excluding tert-OH is 1. The molecule has 0 aliphatic rings. The van der Waals surface area contributed by atoms with E-state index >= 15 is 0 Å². The first kappa shape index (κ1) is 15.8. The molecule has 8 heteroatoms. The molecule has 8 nitrogen and oxygen atoms in total. The fourth-order valence-corrected chi connectivity index (χ4v) is 0.276. The molecule has 5 N–H and O–H groups in total.